The zero-order valence-electron chi connectivity index (χ0n) is 18.3. The number of piperazine rings is 1. The fourth-order valence-corrected chi connectivity index (χ4v) is 3.86. The second kappa shape index (κ2) is 11.0. The number of carbonyl (C=O) groups is 2. The molecule has 1 aliphatic rings. The number of hydrogen-bond donors (Lipinski definition) is 2. The standard InChI is InChI=1S/C24H31FN4O2/c1-3-18-7-5-8-19(4-2)24(18)27-23(31)17-29-13-11-28(12-14-29)16-22(30)26-21-10-6-9-20(25)15-21/h5-10,15H,3-4,11-14,16-17H2,1-2H3,(H,26,30)(H,27,31). The molecule has 1 fully saturated rings. The molecule has 2 aromatic rings. The number of carbonyl (C=O) groups excluding carboxylic acids is 2. The molecule has 0 aromatic heterocycles. The molecule has 0 spiro atoms. The van der Waals surface area contributed by atoms with E-state index in [4.69, 9.17) is 0 Å². The fraction of sp³-hybridized carbons (Fsp3) is 0.417. The second-order valence-corrected chi connectivity index (χ2v) is 7.82. The van der Waals surface area contributed by atoms with Gasteiger partial charge in [-0.2, -0.15) is 0 Å². The first kappa shape index (κ1) is 22.9. The Labute approximate surface area is 183 Å². The van der Waals surface area contributed by atoms with E-state index in [-0.39, 0.29) is 24.2 Å². The van der Waals surface area contributed by atoms with Gasteiger partial charge in [-0.3, -0.25) is 19.4 Å². The van der Waals surface area contributed by atoms with Crippen LogP contribution in [0.1, 0.15) is 25.0 Å². The highest BCUT2D eigenvalue weighted by molar-refractivity contribution is 5.94. The zero-order valence-corrected chi connectivity index (χ0v) is 18.3. The zero-order chi connectivity index (χ0) is 22.2. The SMILES string of the molecule is CCc1cccc(CC)c1NC(=O)CN1CCN(CC(=O)Nc2cccc(F)c2)CC1. The minimum atomic E-state index is -0.377. The lowest BCUT2D eigenvalue weighted by Crippen LogP contribution is -2.50. The summed E-state index contributed by atoms with van der Waals surface area (Å²) in [5.74, 6) is -0.551. The molecule has 2 N–H and O–H groups in total. The molecule has 31 heavy (non-hydrogen) atoms. The second-order valence-electron chi connectivity index (χ2n) is 7.82. The number of nitrogens with one attached hydrogen (secondary N) is 2. The van der Waals surface area contributed by atoms with Crippen LogP contribution in [0.2, 0.25) is 0 Å². The summed E-state index contributed by atoms with van der Waals surface area (Å²) in [6, 6.07) is 12.0. The molecule has 2 amide bonds. The van der Waals surface area contributed by atoms with E-state index in [1.54, 1.807) is 12.1 Å². The lowest BCUT2D eigenvalue weighted by Gasteiger charge is -2.33. The van der Waals surface area contributed by atoms with Gasteiger partial charge >= 0.3 is 0 Å². The Bertz CT molecular complexity index is 888. The Morgan fingerprint density at radius 2 is 1.35 bits per heavy atom. The summed E-state index contributed by atoms with van der Waals surface area (Å²) in [5, 5.41) is 5.84. The minimum absolute atomic E-state index is 0.00658. The summed E-state index contributed by atoms with van der Waals surface area (Å²) >= 11 is 0. The van der Waals surface area contributed by atoms with Crippen molar-refractivity contribution in [3.05, 3.63) is 59.4 Å². The highest BCUT2D eigenvalue weighted by atomic mass is 19.1. The average Bonchev–Trinajstić information content (AvgIpc) is 2.75. The quantitative estimate of drug-likeness (QED) is 0.681. The van der Waals surface area contributed by atoms with Crippen LogP contribution in [0.5, 0.6) is 0 Å². The Balaban J connectivity index is 1.45. The molecule has 1 saturated heterocycles. The van der Waals surface area contributed by atoms with E-state index in [0.717, 1.165) is 42.7 Å². The van der Waals surface area contributed by atoms with Crippen molar-refractivity contribution < 1.29 is 14.0 Å². The topological polar surface area (TPSA) is 64.7 Å². The Morgan fingerprint density at radius 1 is 0.839 bits per heavy atom. The number of para-hydroxylation sites is 1. The van der Waals surface area contributed by atoms with Crippen molar-refractivity contribution in [2.24, 2.45) is 0 Å². The first-order valence-corrected chi connectivity index (χ1v) is 10.9. The van der Waals surface area contributed by atoms with Gasteiger partial charge in [-0.25, -0.2) is 4.39 Å². The molecular formula is C24H31FN4O2. The third kappa shape index (κ3) is 6.60. The highest BCUT2D eigenvalue weighted by Gasteiger charge is 2.21. The highest BCUT2D eigenvalue weighted by Crippen LogP contribution is 2.22. The third-order valence-electron chi connectivity index (χ3n) is 5.57. The number of aryl methyl sites for hydroxylation is 2. The van der Waals surface area contributed by atoms with Crippen molar-refractivity contribution in [3.8, 4) is 0 Å². The third-order valence-corrected chi connectivity index (χ3v) is 5.57. The lowest BCUT2D eigenvalue weighted by molar-refractivity contribution is -0.120. The Kier molecular flexibility index (Phi) is 8.14. The van der Waals surface area contributed by atoms with Gasteiger partial charge in [0.15, 0.2) is 0 Å². The van der Waals surface area contributed by atoms with E-state index in [1.165, 1.54) is 12.1 Å². The van der Waals surface area contributed by atoms with Crippen molar-refractivity contribution in [1.82, 2.24) is 9.80 Å². The first-order valence-electron chi connectivity index (χ1n) is 10.9. The molecule has 166 valence electrons. The summed E-state index contributed by atoms with van der Waals surface area (Å²) in [5.41, 5.74) is 3.72. The Hall–Kier alpha value is -2.77. The van der Waals surface area contributed by atoms with Gasteiger partial charge in [-0.05, 0) is 42.2 Å². The molecule has 6 nitrogen and oxygen atoms in total. The van der Waals surface area contributed by atoms with E-state index in [9.17, 15) is 14.0 Å². The molecule has 0 atom stereocenters. The predicted molar refractivity (Wildman–Crippen MR) is 122 cm³/mol. The van der Waals surface area contributed by atoms with Gasteiger partial charge in [-0.15, -0.1) is 0 Å². The smallest absolute Gasteiger partial charge is 0.238 e. The molecule has 0 saturated carbocycles. The van der Waals surface area contributed by atoms with E-state index < -0.39 is 0 Å². The van der Waals surface area contributed by atoms with Gasteiger partial charge in [0.25, 0.3) is 0 Å². The maximum absolute atomic E-state index is 13.2. The largest absolute Gasteiger partial charge is 0.325 e. The lowest BCUT2D eigenvalue weighted by atomic mass is 10.0. The number of nitrogens with zero attached hydrogens (tertiary/aromatic N) is 2. The van der Waals surface area contributed by atoms with E-state index >= 15 is 0 Å². The molecular weight excluding hydrogens is 395 g/mol. The summed E-state index contributed by atoms with van der Waals surface area (Å²) in [4.78, 5) is 29.0. The van der Waals surface area contributed by atoms with Crippen LogP contribution >= 0.6 is 0 Å². The van der Waals surface area contributed by atoms with Crippen LogP contribution in [0, 0.1) is 5.82 Å². The summed E-state index contributed by atoms with van der Waals surface area (Å²) in [6.07, 6.45) is 1.75. The molecule has 1 aliphatic heterocycles. The van der Waals surface area contributed by atoms with Crippen molar-refractivity contribution in [3.63, 3.8) is 0 Å². The van der Waals surface area contributed by atoms with Crippen LogP contribution < -0.4 is 10.6 Å². The van der Waals surface area contributed by atoms with Crippen molar-refractivity contribution in [2.45, 2.75) is 26.7 Å². The monoisotopic (exact) mass is 426 g/mol. The average molecular weight is 427 g/mol. The normalized spacial score (nSPS) is 14.9. The number of anilines is 2. The molecule has 0 aliphatic carbocycles. The van der Waals surface area contributed by atoms with Crippen LogP contribution in [0.25, 0.3) is 0 Å². The van der Waals surface area contributed by atoms with E-state index in [0.29, 0.717) is 25.3 Å². The first-order chi connectivity index (χ1) is 15.0. The number of hydrogen-bond acceptors (Lipinski definition) is 4. The summed E-state index contributed by atoms with van der Waals surface area (Å²) in [6.45, 7) is 7.62. The van der Waals surface area contributed by atoms with Crippen LogP contribution in [-0.2, 0) is 22.4 Å². The number of amides is 2. The van der Waals surface area contributed by atoms with Crippen LogP contribution in [0.15, 0.2) is 42.5 Å². The van der Waals surface area contributed by atoms with Gasteiger partial charge < -0.3 is 10.6 Å². The van der Waals surface area contributed by atoms with Crippen LogP contribution in [0.4, 0.5) is 15.8 Å². The van der Waals surface area contributed by atoms with Gasteiger partial charge in [0.05, 0.1) is 13.1 Å². The van der Waals surface area contributed by atoms with E-state index in [1.807, 2.05) is 11.0 Å². The van der Waals surface area contributed by atoms with Gasteiger partial charge in [-0.1, -0.05) is 38.1 Å². The maximum Gasteiger partial charge on any atom is 0.238 e. The van der Waals surface area contributed by atoms with Crippen LogP contribution in [0.3, 0.4) is 0 Å². The van der Waals surface area contributed by atoms with Crippen molar-refractivity contribution in [2.75, 3.05) is 49.9 Å². The number of rotatable bonds is 8. The molecule has 3 rings (SSSR count). The molecule has 7 heteroatoms. The van der Waals surface area contributed by atoms with Gasteiger partial charge in [0, 0.05) is 37.6 Å². The molecule has 0 radical (unpaired) electrons. The Morgan fingerprint density at radius 3 is 1.87 bits per heavy atom. The maximum atomic E-state index is 13.2. The fourth-order valence-electron chi connectivity index (χ4n) is 3.86. The van der Waals surface area contributed by atoms with E-state index in [2.05, 4.69) is 41.5 Å². The predicted octanol–water partition coefficient (Wildman–Crippen LogP) is 3.15. The van der Waals surface area contributed by atoms with Crippen molar-refractivity contribution >= 4 is 23.2 Å². The minimum Gasteiger partial charge on any atom is -0.325 e. The van der Waals surface area contributed by atoms with Gasteiger partial charge in [0.2, 0.25) is 11.8 Å². The summed E-state index contributed by atoms with van der Waals surface area (Å²) in [7, 11) is 0. The number of halogens is 1. The van der Waals surface area contributed by atoms with Gasteiger partial charge in [0.1, 0.15) is 5.82 Å². The molecule has 0 bridgehead atoms. The van der Waals surface area contributed by atoms with Crippen LogP contribution in [-0.4, -0.2) is 60.9 Å². The molecule has 1 heterocycles. The molecule has 2 aromatic carbocycles. The molecule has 0 unspecified atom stereocenters. The number of benzene rings is 2. The summed E-state index contributed by atoms with van der Waals surface area (Å²) < 4.78 is 13.2. The van der Waals surface area contributed by atoms with Crippen molar-refractivity contribution in [1.29, 1.82) is 0 Å².